The summed E-state index contributed by atoms with van der Waals surface area (Å²) in [5.41, 5.74) is 1.22. The molecule has 0 amide bonds. The summed E-state index contributed by atoms with van der Waals surface area (Å²) >= 11 is 0. The molecule has 0 aliphatic carbocycles. The number of hydrogen-bond donors (Lipinski definition) is 0. The fourth-order valence-corrected chi connectivity index (χ4v) is 2.92. The molecule has 0 aromatic heterocycles. The van der Waals surface area contributed by atoms with Crippen LogP contribution >= 0.6 is 0 Å². The van der Waals surface area contributed by atoms with E-state index < -0.39 is 10.8 Å². The number of benzene rings is 1. The highest BCUT2D eigenvalue weighted by atomic mass is 32.2. The lowest BCUT2D eigenvalue weighted by Gasteiger charge is -2.14. The van der Waals surface area contributed by atoms with Gasteiger partial charge in [0.15, 0.2) is 0 Å². The Bertz CT molecular complexity index is 357. The number of rotatable bonds is 6. The highest BCUT2D eigenvalue weighted by molar-refractivity contribution is 7.85. The molecule has 0 spiro atoms. The lowest BCUT2D eigenvalue weighted by Crippen LogP contribution is -2.20. The number of methoxy groups -OCH3 is 1. The van der Waals surface area contributed by atoms with Crippen molar-refractivity contribution in [3.8, 4) is 5.75 Å². The Morgan fingerprint density at radius 1 is 1.18 bits per heavy atom. The van der Waals surface area contributed by atoms with Crippen molar-refractivity contribution in [2.75, 3.05) is 12.9 Å². The predicted octanol–water partition coefficient (Wildman–Crippen LogP) is 3.03. The summed E-state index contributed by atoms with van der Waals surface area (Å²) in [5.74, 6) is 2.09. The van der Waals surface area contributed by atoms with Crippen LogP contribution in [-0.4, -0.2) is 22.3 Å². The molecule has 1 rings (SSSR count). The third kappa shape index (κ3) is 4.50. The summed E-state index contributed by atoms with van der Waals surface area (Å²) in [6, 6.07) is 7.97. The molecule has 0 saturated carbocycles. The van der Waals surface area contributed by atoms with Gasteiger partial charge in [0.25, 0.3) is 0 Å². The molecule has 2 nitrogen and oxygen atoms in total. The number of hydrogen-bond acceptors (Lipinski definition) is 2. The molecule has 3 heteroatoms. The highest BCUT2D eigenvalue weighted by Crippen LogP contribution is 2.14. The van der Waals surface area contributed by atoms with Gasteiger partial charge in [0.05, 0.1) is 7.11 Å². The molecule has 0 radical (unpaired) electrons. The molecule has 2 atom stereocenters. The first-order chi connectivity index (χ1) is 8.04. The van der Waals surface area contributed by atoms with E-state index in [1.807, 2.05) is 24.3 Å². The lowest BCUT2D eigenvalue weighted by molar-refractivity contribution is 0.414. The van der Waals surface area contributed by atoms with Crippen molar-refractivity contribution >= 4 is 10.8 Å². The van der Waals surface area contributed by atoms with E-state index in [-0.39, 0.29) is 5.25 Å². The Kier molecular flexibility index (Phi) is 5.69. The summed E-state index contributed by atoms with van der Waals surface area (Å²) in [7, 11) is 0.927. The SMILES string of the molecule is COc1ccc(CC[S@@](=O)[C@@H](C)C(C)C)cc1. The average molecular weight is 254 g/mol. The van der Waals surface area contributed by atoms with Gasteiger partial charge in [0, 0.05) is 21.8 Å². The molecule has 0 fully saturated rings. The molecule has 0 unspecified atom stereocenters. The number of ether oxygens (including phenoxy) is 1. The Hall–Kier alpha value is -0.830. The summed E-state index contributed by atoms with van der Waals surface area (Å²) in [4.78, 5) is 0. The molecule has 0 N–H and O–H groups in total. The monoisotopic (exact) mass is 254 g/mol. The lowest BCUT2D eigenvalue weighted by atomic mass is 10.1. The van der Waals surface area contributed by atoms with Crippen LogP contribution in [0.5, 0.6) is 5.75 Å². The first kappa shape index (κ1) is 14.2. The van der Waals surface area contributed by atoms with E-state index in [1.54, 1.807) is 7.11 Å². The molecule has 0 saturated heterocycles. The van der Waals surface area contributed by atoms with Gasteiger partial charge in [-0.2, -0.15) is 0 Å². The van der Waals surface area contributed by atoms with Crippen LogP contribution in [0.2, 0.25) is 0 Å². The minimum Gasteiger partial charge on any atom is -0.497 e. The van der Waals surface area contributed by atoms with Crippen LogP contribution in [0.1, 0.15) is 26.3 Å². The first-order valence-corrected chi connectivity index (χ1v) is 7.43. The van der Waals surface area contributed by atoms with Crippen molar-refractivity contribution < 1.29 is 8.95 Å². The van der Waals surface area contributed by atoms with Gasteiger partial charge in [-0.25, -0.2) is 0 Å². The van der Waals surface area contributed by atoms with E-state index in [1.165, 1.54) is 5.56 Å². The van der Waals surface area contributed by atoms with Crippen molar-refractivity contribution in [3.05, 3.63) is 29.8 Å². The minimum absolute atomic E-state index is 0.272. The second-order valence-electron chi connectivity index (χ2n) is 4.63. The summed E-state index contributed by atoms with van der Waals surface area (Å²) in [6.07, 6.45) is 0.869. The van der Waals surface area contributed by atoms with E-state index in [0.29, 0.717) is 5.92 Å². The zero-order valence-electron chi connectivity index (χ0n) is 11.1. The Labute approximate surface area is 107 Å². The van der Waals surface area contributed by atoms with E-state index >= 15 is 0 Å². The van der Waals surface area contributed by atoms with E-state index in [4.69, 9.17) is 4.74 Å². The zero-order chi connectivity index (χ0) is 12.8. The van der Waals surface area contributed by atoms with Gasteiger partial charge in [-0.15, -0.1) is 0 Å². The maximum atomic E-state index is 12.0. The van der Waals surface area contributed by atoms with Crippen LogP contribution in [0.15, 0.2) is 24.3 Å². The second kappa shape index (κ2) is 6.80. The van der Waals surface area contributed by atoms with E-state index in [9.17, 15) is 4.21 Å². The molecular formula is C14H22O2S. The maximum Gasteiger partial charge on any atom is 0.118 e. The standard InChI is InChI=1S/C14H22O2S/c1-11(2)12(3)17(15)10-9-13-5-7-14(16-4)8-6-13/h5-8,11-12H,9-10H2,1-4H3/t12-,17+/m0/s1. The Morgan fingerprint density at radius 3 is 2.24 bits per heavy atom. The third-order valence-corrected chi connectivity index (χ3v) is 5.08. The molecule has 0 aliphatic rings. The average Bonchev–Trinajstić information content (AvgIpc) is 2.35. The van der Waals surface area contributed by atoms with Crippen molar-refractivity contribution in [2.24, 2.45) is 5.92 Å². The Morgan fingerprint density at radius 2 is 1.76 bits per heavy atom. The molecule has 0 bridgehead atoms. The van der Waals surface area contributed by atoms with Gasteiger partial charge < -0.3 is 4.74 Å². The molecular weight excluding hydrogens is 232 g/mol. The third-order valence-electron chi connectivity index (χ3n) is 3.10. The van der Waals surface area contributed by atoms with Crippen LogP contribution in [-0.2, 0) is 17.2 Å². The Balaban J connectivity index is 2.47. The largest absolute Gasteiger partial charge is 0.497 e. The van der Waals surface area contributed by atoms with Gasteiger partial charge in [-0.05, 0) is 30.0 Å². The summed E-state index contributed by atoms with van der Waals surface area (Å²) in [6.45, 7) is 6.31. The second-order valence-corrected chi connectivity index (χ2v) is 6.55. The summed E-state index contributed by atoms with van der Waals surface area (Å²) < 4.78 is 17.1. The van der Waals surface area contributed by atoms with Crippen molar-refractivity contribution in [3.63, 3.8) is 0 Å². The van der Waals surface area contributed by atoms with Gasteiger partial charge in [0.2, 0.25) is 0 Å². The maximum absolute atomic E-state index is 12.0. The fraction of sp³-hybridized carbons (Fsp3) is 0.571. The van der Waals surface area contributed by atoms with Gasteiger partial charge in [0.1, 0.15) is 5.75 Å². The topological polar surface area (TPSA) is 26.3 Å². The first-order valence-electron chi connectivity index (χ1n) is 6.04. The van der Waals surface area contributed by atoms with Crippen LogP contribution in [0.3, 0.4) is 0 Å². The molecule has 1 aromatic carbocycles. The van der Waals surface area contributed by atoms with Gasteiger partial charge in [-0.3, -0.25) is 4.21 Å². The normalized spacial score (nSPS) is 14.6. The molecule has 96 valence electrons. The zero-order valence-corrected chi connectivity index (χ0v) is 11.9. The molecule has 17 heavy (non-hydrogen) atoms. The van der Waals surface area contributed by atoms with Crippen molar-refractivity contribution in [1.82, 2.24) is 0 Å². The van der Waals surface area contributed by atoms with E-state index in [0.717, 1.165) is 17.9 Å². The molecule has 1 aromatic rings. The van der Waals surface area contributed by atoms with Crippen molar-refractivity contribution in [1.29, 1.82) is 0 Å². The predicted molar refractivity (Wildman–Crippen MR) is 74.0 cm³/mol. The summed E-state index contributed by atoms with van der Waals surface area (Å²) in [5, 5.41) is 0.272. The highest BCUT2D eigenvalue weighted by Gasteiger charge is 2.14. The number of aryl methyl sites for hydroxylation is 1. The fourth-order valence-electron chi connectivity index (χ4n) is 1.50. The smallest absolute Gasteiger partial charge is 0.118 e. The van der Waals surface area contributed by atoms with Crippen LogP contribution in [0.4, 0.5) is 0 Å². The van der Waals surface area contributed by atoms with E-state index in [2.05, 4.69) is 20.8 Å². The molecule has 0 aliphatic heterocycles. The van der Waals surface area contributed by atoms with Crippen LogP contribution in [0, 0.1) is 5.92 Å². The van der Waals surface area contributed by atoms with Crippen molar-refractivity contribution in [2.45, 2.75) is 32.4 Å². The minimum atomic E-state index is -0.734. The molecule has 0 heterocycles. The van der Waals surface area contributed by atoms with Crippen LogP contribution in [0.25, 0.3) is 0 Å². The van der Waals surface area contributed by atoms with Gasteiger partial charge >= 0.3 is 0 Å². The van der Waals surface area contributed by atoms with Gasteiger partial charge in [-0.1, -0.05) is 32.9 Å². The van der Waals surface area contributed by atoms with Crippen LogP contribution < -0.4 is 4.74 Å². The quantitative estimate of drug-likeness (QED) is 0.780.